The summed E-state index contributed by atoms with van der Waals surface area (Å²) in [6.45, 7) is 7.51. The molecule has 2 amide bonds. The van der Waals surface area contributed by atoms with E-state index >= 15 is 0 Å². The smallest absolute Gasteiger partial charge is 0.242 e. The van der Waals surface area contributed by atoms with E-state index in [-0.39, 0.29) is 36.6 Å². The molecule has 31 heavy (non-hydrogen) atoms. The van der Waals surface area contributed by atoms with Crippen molar-refractivity contribution in [2.24, 2.45) is 5.41 Å². The average Bonchev–Trinajstić information content (AvgIpc) is 3.20. The Morgan fingerprint density at radius 1 is 1.06 bits per heavy atom. The number of fused-ring (bicyclic) bond motifs is 1. The van der Waals surface area contributed by atoms with Gasteiger partial charge in [0.1, 0.15) is 6.54 Å². The fourth-order valence-electron chi connectivity index (χ4n) is 3.69. The first kappa shape index (κ1) is 21.7. The molecule has 0 spiro atoms. The Balaban J connectivity index is 1.49. The highest BCUT2D eigenvalue weighted by molar-refractivity contribution is 7.09. The Labute approximate surface area is 187 Å². The van der Waals surface area contributed by atoms with E-state index in [2.05, 4.69) is 20.8 Å². The summed E-state index contributed by atoms with van der Waals surface area (Å²) in [5.74, 6) is 1.48. The van der Waals surface area contributed by atoms with Crippen molar-refractivity contribution in [3.05, 3.63) is 46.2 Å². The van der Waals surface area contributed by atoms with E-state index in [0.29, 0.717) is 25.3 Å². The summed E-state index contributed by atoms with van der Waals surface area (Å²) in [4.78, 5) is 31.1. The van der Waals surface area contributed by atoms with E-state index in [1.165, 1.54) is 0 Å². The molecule has 1 aromatic carbocycles. The van der Waals surface area contributed by atoms with Gasteiger partial charge < -0.3 is 19.3 Å². The molecular formula is C24H30N2O4S. The van der Waals surface area contributed by atoms with Gasteiger partial charge in [0.15, 0.2) is 11.5 Å². The van der Waals surface area contributed by atoms with Gasteiger partial charge in [0.05, 0.1) is 6.54 Å². The van der Waals surface area contributed by atoms with Crippen LogP contribution < -0.4 is 9.47 Å². The van der Waals surface area contributed by atoms with Gasteiger partial charge in [-0.15, -0.1) is 11.3 Å². The standard InChI is InChI=1S/C24H30N2O4S/c1-24(2,3)12-22(27)26(18-7-8-18)15-23(28)25(14-19-5-4-10-31-19)13-17-6-9-20-21(11-17)30-16-29-20/h4-6,9-11,18H,7-8,12-16H2,1-3H3. The van der Waals surface area contributed by atoms with Crippen LogP contribution in [0.15, 0.2) is 35.7 Å². The van der Waals surface area contributed by atoms with Gasteiger partial charge in [0.2, 0.25) is 18.6 Å². The maximum atomic E-state index is 13.4. The molecule has 1 saturated carbocycles. The lowest BCUT2D eigenvalue weighted by molar-refractivity contribution is -0.142. The second-order valence-electron chi connectivity index (χ2n) is 9.51. The number of hydrogen-bond donors (Lipinski definition) is 0. The predicted octanol–water partition coefficient (Wildman–Crippen LogP) is 4.43. The van der Waals surface area contributed by atoms with Crippen LogP contribution in [0.1, 0.15) is 50.5 Å². The van der Waals surface area contributed by atoms with E-state index in [9.17, 15) is 9.59 Å². The van der Waals surface area contributed by atoms with Gasteiger partial charge in [0.25, 0.3) is 0 Å². The molecule has 0 saturated heterocycles. The first-order valence-electron chi connectivity index (χ1n) is 10.8. The minimum Gasteiger partial charge on any atom is -0.454 e. The molecule has 2 aliphatic rings. The first-order valence-corrected chi connectivity index (χ1v) is 11.6. The summed E-state index contributed by atoms with van der Waals surface area (Å²) in [6, 6.07) is 10.0. The maximum absolute atomic E-state index is 13.4. The van der Waals surface area contributed by atoms with Gasteiger partial charge in [-0.2, -0.15) is 0 Å². The van der Waals surface area contributed by atoms with Crippen molar-refractivity contribution in [1.29, 1.82) is 0 Å². The molecule has 0 N–H and O–H groups in total. The van der Waals surface area contributed by atoms with Gasteiger partial charge in [-0.25, -0.2) is 0 Å². The van der Waals surface area contributed by atoms with Crippen molar-refractivity contribution in [3.63, 3.8) is 0 Å². The van der Waals surface area contributed by atoms with Crippen LogP contribution in [0.2, 0.25) is 0 Å². The Bertz CT molecular complexity index is 932. The molecule has 1 aromatic heterocycles. The van der Waals surface area contributed by atoms with Crippen LogP contribution in [0.5, 0.6) is 11.5 Å². The number of carbonyl (C=O) groups excluding carboxylic acids is 2. The number of carbonyl (C=O) groups is 2. The number of benzene rings is 1. The topological polar surface area (TPSA) is 59.1 Å². The molecule has 4 rings (SSSR count). The number of hydrogen-bond acceptors (Lipinski definition) is 5. The molecule has 7 heteroatoms. The zero-order chi connectivity index (χ0) is 22.0. The Morgan fingerprint density at radius 2 is 1.84 bits per heavy atom. The van der Waals surface area contributed by atoms with Gasteiger partial charge in [-0.05, 0) is 47.4 Å². The SMILES string of the molecule is CC(C)(C)CC(=O)N(CC(=O)N(Cc1ccc2c(c1)OCO2)Cc1cccs1)C1CC1. The molecule has 6 nitrogen and oxygen atoms in total. The molecule has 0 bridgehead atoms. The number of thiophene rings is 1. The van der Waals surface area contributed by atoms with Gasteiger partial charge in [-0.1, -0.05) is 32.9 Å². The molecule has 2 aromatic rings. The Hall–Kier alpha value is -2.54. The fraction of sp³-hybridized carbons (Fsp3) is 0.500. The minimum atomic E-state index is -0.101. The van der Waals surface area contributed by atoms with E-state index < -0.39 is 0 Å². The summed E-state index contributed by atoms with van der Waals surface area (Å²) in [7, 11) is 0. The van der Waals surface area contributed by atoms with Crippen LogP contribution in [0.4, 0.5) is 0 Å². The molecular weight excluding hydrogens is 412 g/mol. The lowest BCUT2D eigenvalue weighted by atomic mass is 9.91. The van der Waals surface area contributed by atoms with Crippen molar-refractivity contribution in [2.75, 3.05) is 13.3 Å². The number of amides is 2. The molecule has 0 radical (unpaired) electrons. The summed E-state index contributed by atoms with van der Waals surface area (Å²) in [6.07, 6.45) is 2.41. The van der Waals surface area contributed by atoms with E-state index in [1.807, 2.05) is 40.6 Å². The normalized spacial score (nSPS) is 15.1. The number of nitrogens with zero attached hydrogens (tertiary/aromatic N) is 2. The highest BCUT2D eigenvalue weighted by atomic mass is 32.1. The van der Waals surface area contributed by atoms with Crippen LogP contribution >= 0.6 is 11.3 Å². The third-order valence-electron chi connectivity index (χ3n) is 5.39. The van der Waals surface area contributed by atoms with Crippen molar-refractivity contribution in [3.8, 4) is 11.5 Å². The lowest BCUT2D eigenvalue weighted by Gasteiger charge is -2.29. The average molecular weight is 443 g/mol. The molecule has 1 fully saturated rings. The third kappa shape index (κ3) is 5.79. The van der Waals surface area contributed by atoms with Gasteiger partial charge in [-0.3, -0.25) is 9.59 Å². The van der Waals surface area contributed by atoms with E-state index in [4.69, 9.17) is 9.47 Å². The predicted molar refractivity (Wildman–Crippen MR) is 120 cm³/mol. The fourth-order valence-corrected chi connectivity index (χ4v) is 4.41. The minimum absolute atomic E-state index is 0.0276. The van der Waals surface area contributed by atoms with Crippen LogP contribution in [-0.4, -0.2) is 41.0 Å². The molecule has 0 unspecified atom stereocenters. The zero-order valence-corrected chi connectivity index (χ0v) is 19.2. The molecule has 1 aliphatic heterocycles. The summed E-state index contributed by atoms with van der Waals surface area (Å²) < 4.78 is 10.9. The largest absolute Gasteiger partial charge is 0.454 e. The highest BCUT2D eigenvalue weighted by Crippen LogP contribution is 2.33. The molecule has 166 valence electrons. The summed E-state index contributed by atoms with van der Waals surface area (Å²) in [5, 5.41) is 2.02. The maximum Gasteiger partial charge on any atom is 0.242 e. The van der Waals surface area contributed by atoms with Gasteiger partial charge >= 0.3 is 0 Å². The summed E-state index contributed by atoms with van der Waals surface area (Å²) in [5.41, 5.74) is 0.879. The number of rotatable bonds is 8. The third-order valence-corrected chi connectivity index (χ3v) is 6.25. The van der Waals surface area contributed by atoms with Crippen LogP contribution in [0.25, 0.3) is 0 Å². The van der Waals surface area contributed by atoms with Crippen molar-refractivity contribution in [2.45, 2.75) is 59.2 Å². The van der Waals surface area contributed by atoms with Crippen LogP contribution in [0.3, 0.4) is 0 Å². The van der Waals surface area contributed by atoms with Crippen molar-refractivity contribution >= 4 is 23.2 Å². The second-order valence-corrected chi connectivity index (χ2v) is 10.5. The zero-order valence-electron chi connectivity index (χ0n) is 18.4. The Morgan fingerprint density at radius 3 is 2.52 bits per heavy atom. The molecule has 2 heterocycles. The van der Waals surface area contributed by atoms with Crippen molar-refractivity contribution < 1.29 is 19.1 Å². The number of ether oxygens (including phenoxy) is 2. The van der Waals surface area contributed by atoms with Crippen molar-refractivity contribution in [1.82, 2.24) is 9.80 Å². The quantitative estimate of drug-likeness (QED) is 0.607. The molecule has 1 aliphatic carbocycles. The van der Waals surface area contributed by atoms with Crippen LogP contribution in [0, 0.1) is 5.41 Å². The Kier molecular flexibility index (Phi) is 6.23. The van der Waals surface area contributed by atoms with E-state index in [1.54, 1.807) is 16.2 Å². The van der Waals surface area contributed by atoms with E-state index in [0.717, 1.165) is 29.0 Å². The van der Waals surface area contributed by atoms with Crippen LogP contribution in [-0.2, 0) is 22.7 Å². The summed E-state index contributed by atoms with van der Waals surface area (Å²) >= 11 is 1.63. The molecule has 0 atom stereocenters. The second kappa shape index (κ2) is 8.91. The first-order chi connectivity index (χ1) is 14.8. The van der Waals surface area contributed by atoms with Gasteiger partial charge in [0, 0.05) is 23.9 Å². The monoisotopic (exact) mass is 442 g/mol. The lowest BCUT2D eigenvalue weighted by Crippen LogP contribution is -2.44. The highest BCUT2D eigenvalue weighted by Gasteiger charge is 2.36.